The minimum absolute atomic E-state index is 0.00368. The SMILES string of the molecule is CCCCC(CCC)OC(=O)CCN.CCCCC(CCC)OC(=O)CCNC(=O)OC(C)(C)C.O=CC(F)(F)F. The maximum atomic E-state index is 11.7. The van der Waals surface area contributed by atoms with Crippen LogP contribution >= 0.6 is 0 Å². The molecule has 0 fully saturated rings. The molecule has 0 heterocycles. The Bertz CT molecular complexity index is 684. The molecule has 0 aliphatic heterocycles. The number of carbonyl (C=O) groups excluding carboxylic acids is 4. The molecule has 0 rings (SSSR count). The first-order valence-corrected chi connectivity index (χ1v) is 14.7. The highest BCUT2D eigenvalue weighted by Crippen LogP contribution is 2.13. The first kappa shape index (κ1) is 43.1. The van der Waals surface area contributed by atoms with Crippen LogP contribution in [0.2, 0.25) is 0 Å². The number of carbonyl (C=O) groups is 4. The van der Waals surface area contributed by atoms with E-state index in [1.165, 1.54) is 0 Å². The van der Waals surface area contributed by atoms with E-state index in [0.717, 1.165) is 64.2 Å². The second-order valence-corrected chi connectivity index (χ2v) is 10.5. The van der Waals surface area contributed by atoms with Gasteiger partial charge in [-0.1, -0.05) is 66.2 Å². The molecule has 0 aromatic carbocycles. The zero-order valence-electron chi connectivity index (χ0n) is 26.2. The minimum Gasteiger partial charge on any atom is -0.462 e. The number of esters is 2. The molecule has 0 aliphatic carbocycles. The molecule has 9 nitrogen and oxygen atoms in total. The number of rotatable bonds is 17. The fraction of sp³-hybridized carbons (Fsp3) is 0.862. The zero-order chi connectivity index (χ0) is 32.3. The fourth-order valence-corrected chi connectivity index (χ4v) is 3.22. The number of aldehydes is 1. The van der Waals surface area contributed by atoms with E-state index in [-0.39, 0.29) is 37.1 Å². The monoisotopic (exact) mass is 600 g/mol. The maximum Gasteiger partial charge on any atom is 0.446 e. The van der Waals surface area contributed by atoms with Gasteiger partial charge in [-0.05, 0) is 46.5 Å². The summed E-state index contributed by atoms with van der Waals surface area (Å²) >= 11 is 0. The molecule has 0 radical (unpaired) electrons. The van der Waals surface area contributed by atoms with E-state index in [1.54, 1.807) is 20.8 Å². The smallest absolute Gasteiger partial charge is 0.446 e. The molecule has 0 saturated heterocycles. The van der Waals surface area contributed by atoms with E-state index in [1.807, 2.05) is 0 Å². The number of hydrogen-bond acceptors (Lipinski definition) is 8. The normalized spacial score (nSPS) is 12.4. The number of ether oxygens (including phenoxy) is 3. The number of nitrogens with two attached hydrogens (primary N) is 1. The van der Waals surface area contributed by atoms with Crippen LogP contribution in [0.5, 0.6) is 0 Å². The van der Waals surface area contributed by atoms with Crippen LogP contribution in [0.15, 0.2) is 0 Å². The van der Waals surface area contributed by atoms with E-state index in [9.17, 15) is 27.6 Å². The van der Waals surface area contributed by atoms with Crippen molar-refractivity contribution in [2.45, 2.75) is 150 Å². The van der Waals surface area contributed by atoms with Gasteiger partial charge in [-0.2, -0.15) is 13.2 Å². The molecule has 244 valence electrons. The second kappa shape index (κ2) is 26.5. The van der Waals surface area contributed by atoms with Crippen LogP contribution in [0.1, 0.15) is 126 Å². The predicted octanol–water partition coefficient (Wildman–Crippen LogP) is 6.79. The minimum atomic E-state index is -4.64. The number of hydrogen-bond donors (Lipinski definition) is 2. The molecule has 3 N–H and O–H groups in total. The van der Waals surface area contributed by atoms with E-state index in [2.05, 4.69) is 33.0 Å². The summed E-state index contributed by atoms with van der Waals surface area (Å²) in [6, 6.07) is 0. The maximum absolute atomic E-state index is 11.7. The van der Waals surface area contributed by atoms with Gasteiger partial charge in [0.2, 0.25) is 6.29 Å². The average molecular weight is 601 g/mol. The molecule has 0 aliphatic rings. The summed E-state index contributed by atoms with van der Waals surface area (Å²) in [6.45, 7) is 14.5. The predicted molar refractivity (Wildman–Crippen MR) is 153 cm³/mol. The van der Waals surface area contributed by atoms with Crippen LogP contribution in [0, 0.1) is 0 Å². The van der Waals surface area contributed by atoms with Crippen LogP contribution in [-0.2, 0) is 28.6 Å². The van der Waals surface area contributed by atoms with Gasteiger partial charge in [0.15, 0.2) is 0 Å². The Hall–Kier alpha value is -2.37. The van der Waals surface area contributed by atoms with E-state index >= 15 is 0 Å². The molecule has 41 heavy (non-hydrogen) atoms. The lowest BCUT2D eigenvalue weighted by Gasteiger charge is -2.20. The molecule has 2 unspecified atom stereocenters. The largest absolute Gasteiger partial charge is 0.462 e. The third kappa shape index (κ3) is 35.6. The molecule has 1 amide bonds. The molecular weight excluding hydrogens is 545 g/mol. The van der Waals surface area contributed by atoms with Gasteiger partial charge in [0.25, 0.3) is 0 Å². The fourth-order valence-electron chi connectivity index (χ4n) is 3.22. The van der Waals surface area contributed by atoms with Crippen LogP contribution in [0.4, 0.5) is 18.0 Å². The lowest BCUT2D eigenvalue weighted by Crippen LogP contribution is -2.34. The third-order valence-corrected chi connectivity index (χ3v) is 5.06. The standard InChI is InChI=1S/C16H31NO4.C11H23NO2.C2HF3O/c1-6-8-10-13(9-7-2)20-14(18)11-12-17-15(19)21-16(3,4)5;1-3-5-7-10(6-4-2)14-11(13)8-9-12;3-2(4,5)1-6/h13H,6-12H2,1-5H3,(H,17,19);10H,3-9,12H2,1-2H3;1H. The number of nitrogens with one attached hydrogen (secondary N) is 1. The number of alkyl halides is 3. The van der Waals surface area contributed by atoms with Gasteiger partial charge < -0.3 is 25.3 Å². The van der Waals surface area contributed by atoms with Crippen LogP contribution in [-0.4, -0.2) is 61.4 Å². The van der Waals surface area contributed by atoms with Crippen molar-refractivity contribution in [2.75, 3.05) is 13.1 Å². The van der Waals surface area contributed by atoms with E-state index in [4.69, 9.17) is 24.7 Å². The topological polar surface area (TPSA) is 134 Å². The first-order chi connectivity index (χ1) is 19.1. The lowest BCUT2D eigenvalue weighted by molar-refractivity contribution is -0.156. The Morgan fingerprint density at radius 2 is 1.20 bits per heavy atom. The molecule has 2 atom stereocenters. The Kier molecular flexibility index (Phi) is 27.9. The Balaban J connectivity index is -0.000000617. The number of halogens is 3. The lowest BCUT2D eigenvalue weighted by atomic mass is 10.1. The Labute approximate surface area is 244 Å². The quantitative estimate of drug-likeness (QED) is 0.106. The molecule has 0 spiro atoms. The molecule has 0 saturated carbocycles. The summed E-state index contributed by atoms with van der Waals surface area (Å²) in [4.78, 5) is 43.1. The van der Waals surface area contributed by atoms with Crippen molar-refractivity contribution in [2.24, 2.45) is 5.73 Å². The van der Waals surface area contributed by atoms with Crippen molar-refractivity contribution >= 4 is 24.3 Å². The summed E-state index contributed by atoms with van der Waals surface area (Å²) in [5.74, 6) is -0.414. The molecule has 0 aromatic heterocycles. The van der Waals surface area contributed by atoms with Gasteiger partial charge in [0, 0.05) is 13.1 Å². The summed E-state index contributed by atoms with van der Waals surface area (Å²) in [5, 5.41) is 2.56. The van der Waals surface area contributed by atoms with Crippen LogP contribution in [0.3, 0.4) is 0 Å². The highest BCUT2D eigenvalue weighted by atomic mass is 19.4. The molecule has 0 aromatic rings. The van der Waals surface area contributed by atoms with Gasteiger partial charge in [0.05, 0.1) is 12.8 Å². The van der Waals surface area contributed by atoms with E-state index in [0.29, 0.717) is 13.0 Å². The number of amides is 1. The van der Waals surface area contributed by atoms with Gasteiger partial charge in [0.1, 0.15) is 17.8 Å². The van der Waals surface area contributed by atoms with Crippen molar-refractivity contribution < 1.29 is 46.6 Å². The van der Waals surface area contributed by atoms with Crippen LogP contribution < -0.4 is 11.1 Å². The van der Waals surface area contributed by atoms with Crippen molar-refractivity contribution in [3.05, 3.63) is 0 Å². The Morgan fingerprint density at radius 3 is 1.51 bits per heavy atom. The number of alkyl carbamates (subject to hydrolysis) is 1. The summed E-state index contributed by atoms with van der Waals surface area (Å²) in [7, 11) is 0. The molecular formula is C29H55F3N2O7. The van der Waals surface area contributed by atoms with Crippen molar-refractivity contribution in [1.82, 2.24) is 5.32 Å². The third-order valence-electron chi connectivity index (χ3n) is 5.06. The van der Waals surface area contributed by atoms with Crippen molar-refractivity contribution in [1.29, 1.82) is 0 Å². The summed E-state index contributed by atoms with van der Waals surface area (Å²) in [5.41, 5.74) is 4.75. The average Bonchev–Trinajstić information content (AvgIpc) is 2.85. The van der Waals surface area contributed by atoms with Crippen molar-refractivity contribution in [3.63, 3.8) is 0 Å². The molecule has 12 heteroatoms. The zero-order valence-corrected chi connectivity index (χ0v) is 26.2. The summed E-state index contributed by atoms with van der Waals surface area (Å²) < 4.78 is 47.1. The van der Waals surface area contributed by atoms with Crippen molar-refractivity contribution in [3.8, 4) is 0 Å². The summed E-state index contributed by atoms with van der Waals surface area (Å²) in [6.07, 6.45) is 4.67. The van der Waals surface area contributed by atoms with E-state index < -0.39 is 24.2 Å². The van der Waals surface area contributed by atoms with Gasteiger partial charge in [-0.25, -0.2) is 4.79 Å². The van der Waals surface area contributed by atoms with Gasteiger partial charge in [-0.3, -0.25) is 14.4 Å². The van der Waals surface area contributed by atoms with Gasteiger partial charge in [-0.15, -0.1) is 0 Å². The highest BCUT2D eigenvalue weighted by Gasteiger charge is 2.25. The highest BCUT2D eigenvalue weighted by molar-refractivity contribution is 5.72. The second-order valence-electron chi connectivity index (χ2n) is 10.5. The molecule has 0 bridgehead atoms. The first-order valence-electron chi connectivity index (χ1n) is 14.7. The Morgan fingerprint density at radius 1 is 0.780 bits per heavy atom. The number of unbranched alkanes of at least 4 members (excludes halogenated alkanes) is 2. The van der Waals surface area contributed by atoms with Crippen LogP contribution in [0.25, 0.3) is 0 Å². The van der Waals surface area contributed by atoms with Gasteiger partial charge >= 0.3 is 24.2 Å².